The van der Waals surface area contributed by atoms with E-state index in [1.54, 1.807) is 12.2 Å². The molecule has 0 aliphatic carbocycles. The fourth-order valence-electron chi connectivity index (χ4n) is 7.68. The normalized spacial score (nSPS) is 11.7. The Morgan fingerprint density at radius 1 is 0.333 bits per heavy atom. The smallest absolute Gasteiger partial charge is 0.181 e. The van der Waals surface area contributed by atoms with E-state index in [9.17, 15) is 9.59 Å². The molecule has 4 aromatic carbocycles. The van der Waals surface area contributed by atoms with Crippen molar-refractivity contribution in [1.29, 1.82) is 0 Å². The summed E-state index contributed by atoms with van der Waals surface area (Å²) in [6, 6.07) is 40.4. The minimum Gasteiger partial charge on any atom is -0.290 e. The average Bonchev–Trinajstić information content (AvgIpc) is 3.31. The second kappa shape index (κ2) is 38.3. The molecular weight excluding hydrogens is 859 g/mol. The molecule has 0 aliphatic heterocycles. The van der Waals surface area contributed by atoms with Crippen molar-refractivity contribution in [2.75, 3.05) is 0 Å². The molecule has 0 amide bonds. The van der Waals surface area contributed by atoms with Crippen LogP contribution in [0.2, 0.25) is 0 Å². The van der Waals surface area contributed by atoms with Gasteiger partial charge in [0.1, 0.15) is 0 Å². The molecule has 0 radical (unpaired) electrons. The van der Waals surface area contributed by atoms with Gasteiger partial charge in [-0.3, -0.25) is 9.59 Å². The first kappa shape index (κ1) is 55.0. The Morgan fingerprint density at radius 3 is 0.841 bits per heavy atom. The van der Waals surface area contributed by atoms with Gasteiger partial charge in [-0.25, -0.2) is 0 Å². The van der Waals surface area contributed by atoms with Crippen LogP contribution in [0.3, 0.4) is 0 Å². The summed E-state index contributed by atoms with van der Waals surface area (Å²) in [4.78, 5) is 25.8. The Balaban J connectivity index is 0.000000427. The molecule has 0 fully saturated rings. The van der Waals surface area contributed by atoms with E-state index in [0.29, 0.717) is 0 Å². The van der Waals surface area contributed by atoms with Gasteiger partial charge in [0.25, 0.3) is 0 Å². The van der Waals surface area contributed by atoms with Crippen molar-refractivity contribution in [2.24, 2.45) is 0 Å². The first-order valence-electron chi connectivity index (χ1n) is 24.6. The SMILES string of the molecule is CCCCCCCCCCCCCC(=Cc1ccccc1)C(=O)C=Cc1ccccc1.CCCCCCCCCCCCCC(=Cc1ccccc1)C(=O)C=Cc1ccccc1.[Pd]. The molecular formula is C60H80O2Pd. The average molecular weight is 940 g/mol. The third-order valence-electron chi connectivity index (χ3n) is 11.5. The van der Waals surface area contributed by atoms with E-state index in [4.69, 9.17) is 0 Å². The van der Waals surface area contributed by atoms with E-state index in [1.165, 1.54) is 128 Å². The maximum absolute atomic E-state index is 12.9. The summed E-state index contributed by atoms with van der Waals surface area (Å²) in [6.07, 6.45) is 42.2. The van der Waals surface area contributed by atoms with E-state index in [-0.39, 0.29) is 32.0 Å². The number of hydrogen-bond acceptors (Lipinski definition) is 2. The second-order valence-electron chi connectivity index (χ2n) is 16.9. The summed E-state index contributed by atoms with van der Waals surface area (Å²) in [7, 11) is 0. The van der Waals surface area contributed by atoms with Crippen LogP contribution in [0.1, 0.15) is 190 Å². The maximum atomic E-state index is 12.9. The van der Waals surface area contributed by atoms with Crippen LogP contribution in [0.4, 0.5) is 0 Å². The predicted molar refractivity (Wildman–Crippen MR) is 272 cm³/mol. The number of unbranched alkanes of at least 4 members (excludes halogenated alkanes) is 20. The van der Waals surface area contributed by atoms with Gasteiger partial charge >= 0.3 is 0 Å². The van der Waals surface area contributed by atoms with Crippen molar-refractivity contribution in [2.45, 2.75) is 168 Å². The van der Waals surface area contributed by atoms with Crippen LogP contribution in [0.15, 0.2) is 145 Å². The first-order chi connectivity index (χ1) is 30.6. The van der Waals surface area contributed by atoms with Crippen LogP contribution in [-0.4, -0.2) is 11.6 Å². The van der Waals surface area contributed by atoms with E-state index >= 15 is 0 Å². The fourth-order valence-corrected chi connectivity index (χ4v) is 7.68. The summed E-state index contributed by atoms with van der Waals surface area (Å²) in [5.41, 5.74) is 6.14. The van der Waals surface area contributed by atoms with E-state index in [2.05, 4.69) is 50.3 Å². The number of carbonyl (C=O) groups is 2. The summed E-state index contributed by atoms with van der Waals surface area (Å²) in [5.74, 6) is 0.250. The molecule has 342 valence electrons. The molecule has 0 aliphatic rings. The number of benzene rings is 4. The molecule has 0 unspecified atom stereocenters. The standard InChI is InChI=1S/2C30H40O.Pd/c2*1-2-3-4-5-6-7-8-9-10-11-18-23-29(26-28-21-16-13-17-22-28)30(31)25-24-27-19-14-12-15-20-27;/h2*12-17,19-22,24-26H,2-11,18,23H2,1H3;. The first-order valence-corrected chi connectivity index (χ1v) is 24.6. The molecule has 0 atom stereocenters. The van der Waals surface area contributed by atoms with E-state index in [0.717, 1.165) is 59.1 Å². The Labute approximate surface area is 398 Å². The molecule has 0 aromatic heterocycles. The Bertz CT molecular complexity index is 1690. The van der Waals surface area contributed by atoms with Gasteiger partial charge in [0.2, 0.25) is 0 Å². The largest absolute Gasteiger partial charge is 0.290 e. The topological polar surface area (TPSA) is 34.1 Å². The third-order valence-corrected chi connectivity index (χ3v) is 11.5. The minimum atomic E-state index is 0. The predicted octanol–water partition coefficient (Wildman–Crippen LogP) is 18.1. The molecule has 0 N–H and O–H groups in total. The van der Waals surface area contributed by atoms with Crippen molar-refractivity contribution in [3.63, 3.8) is 0 Å². The zero-order valence-corrected chi connectivity index (χ0v) is 40.7. The molecule has 0 saturated carbocycles. The summed E-state index contributed by atoms with van der Waals surface area (Å²) in [5, 5.41) is 0. The molecule has 0 saturated heterocycles. The maximum Gasteiger partial charge on any atom is 0.181 e. The monoisotopic (exact) mass is 939 g/mol. The number of allylic oxidation sites excluding steroid dienone is 4. The van der Waals surface area contributed by atoms with Gasteiger partial charge in [0, 0.05) is 31.6 Å². The third kappa shape index (κ3) is 28.3. The van der Waals surface area contributed by atoms with Gasteiger partial charge in [0.15, 0.2) is 11.6 Å². The zero-order chi connectivity index (χ0) is 44.0. The van der Waals surface area contributed by atoms with Crippen LogP contribution < -0.4 is 0 Å². The summed E-state index contributed by atoms with van der Waals surface area (Å²) < 4.78 is 0. The summed E-state index contributed by atoms with van der Waals surface area (Å²) in [6.45, 7) is 4.54. The summed E-state index contributed by atoms with van der Waals surface area (Å²) >= 11 is 0. The zero-order valence-electron chi connectivity index (χ0n) is 39.1. The number of hydrogen-bond donors (Lipinski definition) is 0. The van der Waals surface area contributed by atoms with Crippen molar-refractivity contribution in [3.8, 4) is 0 Å². The van der Waals surface area contributed by atoms with Gasteiger partial charge < -0.3 is 0 Å². The fraction of sp³-hybridized carbons (Fsp3) is 0.433. The van der Waals surface area contributed by atoms with Gasteiger partial charge in [-0.05, 0) is 72.2 Å². The van der Waals surface area contributed by atoms with E-state index in [1.807, 2.05) is 109 Å². The van der Waals surface area contributed by atoms with Crippen molar-refractivity contribution < 1.29 is 30.0 Å². The molecule has 63 heavy (non-hydrogen) atoms. The van der Waals surface area contributed by atoms with Gasteiger partial charge in [0.05, 0.1) is 0 Å². The molecule has 2 nitrogen and oxygen atoms in total. The molecule has 3 heteroatoms. The van der Waals surface area contributed by atoms with E-state index < -0.39 is 0 Å². The molecule has 4 aromatic rings. The Hall–Kier alpha value is -4.16. The van der Waals surface area contributed by atoms with Crippen LogP contribution in [0, 0.1) is 0 Å². The van der Waals surface area contributed by atoms with Gasteiger partial charge in [-0.15, -0.1) is 0 Å². The minimum absolute atomic E-state index is 0. The van der Waals surface area contributed by atoms with Crippen molar-refractivity contribution in [3.05, 3.63) is 167 Å². The number of carbonyl (C=O) groups excluding carboxylic acids is 2. The van der Waals surface area contributed by atoms with Crippen LogP contribution in [0.25, 0.3) is 24.3 Å². The quantitative estimate of drug-likeness (QED) is 0.0278. The van der Waals surface area contributed by atoms with Gasteiger partial charge in [-0.1, -0.05) is 276 Å². The van der Waals surface area contributed by atoms with Crippen molar-refractivity contribution >= 4 is 35.9 Å². The Kier molecular flexibility index (Phi) is 33.4. The molecule has 0 spiro atoms. The van der Waals surface area contributed by atoms with Gasteiger partial charge in [-0.2, -0.15) is 0 Å². The molecule has 0 bridgehead atoms. The van der Waals surface area contributed by atoms with Crippen LogP contribution in [-0.2, 0) is 30.0 Å². The molecule has 0 heterocycles. The van der Waals surface area contributed by atoms with Crippen molar-refractivity contribution in [1.82, 2.24) is 0 Å². The number of rotatable bonds is 32. The number of ketones is 2. The second-order valence-corrected chi connectivity index (χ2v) is 16.9. The van der Waals surface area contributed by atoms with Crippen LogP contribution in [0.5, 0.6) is 0 Å². The molecule has 4 rings (SSSR count). The van der Waals surface area contributed by atoms with Crippen LogP contribution >= 0.6 is 0 Å². The Morgan fingerprint density at radius 2 is 0.571 bits per heavy atom.